The van der Waals surface area contributed by atoms with Gasteiger partial charge in [0.1, 0.15) is 13.2 Å². The highest BCUT2D eigenvalue weighted by molar-refractivity contribution is 5.46. The molecule has 0 bridgehead atoms. The topological polar surface area (TPSA) is 44.3 Å². The second-order valence-electron chi connectivity index (χ2n) is 4.38. The molecule has 112 valence electrons. The molecule has 4 nitrogen and oxygen atoms in total. The number of benzene rings is 1. The highest BCUT2D eigenvalue weighted by Gasteiger charge is 2.11. The number of quaternary nitrogens is 1. The van der Waals surface area contributed by atoms with Crippen molar-refractivity contribution in [2.24, 2.45) is 0 Å². The van der Waals surface area contributed by atoms with Crippen LogP contribution in [0.25, 0.3) is 0 Å². The van der Waals surface area contributed by atoms with Gasteiger partial charge in [-0.15, -0.1) is 0 Å². The second kappa shape index (κ2) is 10.3. The van der Waals surface area contributed by atoms with Crippen LogP contribution in [0.3, 0.4) is 0 Å². The van der Waals surface area contributed by atoms with Gasteiger partial charge < -0.3 is 19.5 Å². The lowest BCUT2D eigenvalue weighted by Gasteiger charge is -2.13. The van der Waals surface area contributed by atoms with E-state index in [0.29, 0.717) is 6.61 Å². The maximum absolute atomic E-state index is 5.72. The number of rotatable bonds is 11. The molecular weight excluding hydrogens is 254 g/mol. The van der Waals surface area contributed by atoms with Crippen molar-refractivity contribution >= 4 is 0 Å². The largest absolute Gasteiger partial charge is 0.493 e. The molecule has 0 saturated heterocycles. The third kappa shape index (κ3) is 5.63. The van der Waals surface area contributed by atoms with E-state index in [0.717, 1.165) is 49.8 Å². The summed E-state index contributed by atoms with van der Waals surface area (Å²) in [5.74, 6) is 1.59. The number of nitrogens with two attached hydrogens (primary N) is 1. The van der Waals surface area contributed by atoms with E-state index in [1.807, 2.05) is 19.1 Å². The minimum atomic E-state index is 0.484. The van der Waals surface area contributed by atoms with Crippen LogP contribution >= 0.6 is 0 Å². The molecule has 0 aliphatic carbocycles. The minimum Gasteiger partial charge on any atom is -0.493 e. The summed E-state index contributed by atoms with van der Waals surface area (Å²) in [6, 6.07) is 5.97. The number of methoxy groups -OCH3 is 1. The molecule has 1 aromatic carbocycles. The van der Waals surface area contributed by atoms with Crippen LogP contribution in [-0.2, 0) is 11.3 Å². The molecule has 0 aliphatic rings. The van der Waals surface area contributed by atoms with Crippen LogP contribution in [0.1, 0.15) is 18.9 Å². The third-order valence-electron chi connectivity index (χ3n) is 2.89. The lowest BCUT2D eigenvalue weighted by atomic mass is 10.2. The summed E-state index contributed by atoms with van der Waals surface area (Å²) >= 11 is 0. The summed E-state index contributed by atoms with van der Waals surface area (Å²) in [6.45, 7) is 9.70. The Bertz CT molecular complexity index is 393. The zero-order chi connectivity index (χ0) is 14.6. The van der Waals surface area contributed by atoms with Gasteiger partial charge in [0.15, 0.2) is 11.5 Å². The number of ether oxygens (including phenoxy) is 3. The molecular formula is C16H26NO3+. The Morgan fingerprint density at radius 3 is 2.90 bits per heavy atom. The molecule has 0 aromatic heterocycles. The highest BCUT2D eigenvalue weighted by atomic mass is 16.5. The Morgan fingerprint density at radius 1 is 1.35 bits per heavy atom. The summed E-state index contributed by atoms with van der Waals surface area (Å²) in [7, 11) is 1.66. The smallest absolute Gasteiger partial charge is 0.170 e. The van der Waals surface area contributed by atoms with Gasteiger partial charge in [-0.1, -0.05) is 18.7 Å². The van der Waals surface area contributed by atoms with Gasteiger partial charge in [0, 0.05) is 13.0 Å². The second-order valence-corrected chi connectivity index (χ2v) is 4.38. The van der Waals surface area contributed by atoms with Crippen molar-refractivity contribution in [1.29, 1.82) is 0 Å². The number of hydrogen-bond acceptors (Lipinski definition) is 3. The van der Waals surface area contributed by atoms with Crippen LogP contribution in [0, 0.1) is 0 Å². The Morgan fingerprint density at radius 2 is 2.20 bits per heavy atom. The average Bonchev–Trinajstić information content (AvgIpc) is 2.49. The molecule has 20 heavy (non-hydrogen) atoms. The fourth-order valence-corrected chi connectivity index (χ4v) is 1.92. The summed E-state index contributed by atoms with van der Waals surface area (Å²) in [5.41, 5.74) is 1.14. The first kappa shape index (κ1) is 16.5. The SMILES string of the molecule is C=CCOc1c(C[NH2+]CCCOCC)cccc1OC. The maximum atomic E-state index is 5.72. The van der Waals surface area contributed by atoms with Gasteiger partial charge in [-0.2, -0.15) is 0 Å². The quantitative estimate of drug-likeness (QED) is 0.496. The van der Waals surface area contributed by atoms with Crippen molar-refractivity contribution in [2.45, 2.75) is 19.9 Å². The molecule has 0 fully saturated rings. The standard InChI is InChI=1S/C16H25NO3/c1-4-11-20-16-14(8-6-9-15(16)18-3)13-17-10-7-12-19-5-2/h4,6,8-9,17H,1,5,7,10-13H2,2-3H3/p+1. The molecule has 0 atom stereocenters. The van der Waals surface area contributed by atoms with E-state index < -0.39 is 0 Å². The van der Waals surface area contributed by atoms with E-state index in [2.05, 4.69) is 18.0 Å². The first-order valence-corrected chi connectivity index (χ1v) is 7.12. The molecule has 2 N–H and O–H groups in total. The molecule has 4 heteroatoms. The Labute approximate surface area is 121 Å². The lowest BCUT2D eigenvalue weighted by molar-refractivity contribution is -0.671. The predicted octanol–water partition coefficient (Wildman–Crippen LogP) is 1.75. The summed E-state index contributed by atoms with van der Waals surface area (Å²) in [6.07, 6.45) is 2.79. The molecule has 0 saturated carbocycles. The van der Waals surface area contributed by atoms with Crippen LogP contribution in [-0.4, -0.2) is 33.5 Å². The van der Waals surface area contributed by atoms with Crippen LogP contribution in [0.2, 0.25) is 0 Å². The van der Waals surface area contributed by atoms with E-state index in [4.69, 9.17) is 14.2 Å². The van der Waals surface area contributed by atoms with Crippen LogP contribution in [0.4, 0.5) is 0 Å². The van der Waals surface area contributed by atoms with E-state index in [9.17, 15) is 0 Å². The Hall–Kier alpha value is -1.52. The molecule has 0 unspecified atom stereocenters. The minimum absolute atomic E-state index is 0.484. The van der Waals surface area contributed by atoms with Gasteiger partial charge >= 0.3 is 0 Å². The number of hydrogen-bond donors (Lipinski definition) is 1. The number of para-hydroxylation sites is 1. The van der Waals surface area contributed by atoms with E-state index in [-0.39, 0.29) is 0 Å². The van der Waals surface area contributed by atoms with Crippen molar-refractivity contribution in [2.75, 3.05) is 33.5 Å². The highest BCUT2D eigenvalue weighted by Crippen LogP contribution is 2.30. The normalized spacial score (nSPS) is 10.3. The van der Waals surface area contributed by atoms with Crippen LogP contribution in [0.5, 0.6) is 11.5 Å². The van der Waals surface area contributed by atoms with Gasteiger partial charge in [0.2, 0.25) is 0 Å². The first-order chi connectivity index (χ1) is 9.83. The van der Waals surface area contributed by atoms with Gasteiger partial charge in [0.05, 0.1) is 25.8 Å². The van der Waals surface area contributed by atoms with Crippen molar-refractivity contribution in [3.8, 4) is 11.5 Å². The molecule has 0 heterocycles. The monoisotopic (exact) mass is 280 g/mol. The molecule has 0 spiro atoms. The molecule has 1 rings (SSSR count). The fraction of sp³-hybridized carbons (Fsp3) is 0.500. The van der Waals surface area contributed by atoms with Gasteiger partial charge in [0.25, 0.3) is 0 Å². The molecule has 0 amide bonds. The van der Waals surface area contributed by atoms with Crippen LogP contribution in [0.15, 0.2) is 30.9 Å². The Kier molecular flexibility index (Phi) is 8.51. The van der Waals surface area contributed by atoms with Crippen LogP contribution < -0.4 is 14.8 Å². The van der Waals surface area contributed by atoms with Crippen molar-refractivity contribution < 1.29 is 19.5 Å². The zero-order valence-corrected chi connectivity index (χ0v) is 12.6. The van der Waals surface area contributed by atoms with Crippen molar-refractivity contribution in [1.82, 2.24) is 0 Å². The van der Waals surface area contributed by atoms with Gasteiger partial charge in [-0.3, -0.25) is 0 Å². The predicted molar refractivity (Wildman–Crippen MR) is 80.3 cm³/mol. The average molecular weight is 280 g/mol. The summed E-state index contributed by atoms with van der Waals surface area (Å²) in [4.78, 5) is 0. The van der Waals surface area contributed by atoms with Crippen molar-refractivity contribution in [3.63, 3.8) is 0 Å². The molecule has 0 aliphatic heterocycles. The van der Waals surface area contributed by atoms with E-state index in [1.165, 1.54) is 0 Å². The third-order valence-corrected chi connectivity index (χ3v) is 2.89. The van der Waals surface area contributed by atoms with E-state index >= 15 is 0 Å². The molecule has 1 aromatic rings. The summed E-state index contributed by atoms with van der Waals surface area (Å²) in [5, 5.41) is 2.26. The Balaban J connectivity index is 2.52. The maximum Gasteiger partial charge on any atom is 0.170 e. The lowest BCUT2D eigenvalue weighted by Crippen LogP contribution is -2.82. The summed E-state index contributed by atoms with van der Waals surface area (Å²) < 4.78 is 16.4. The van der Waals surface area contributed by atoms with Crippen molar-refractivity contribution in [3.05, 3.63) is 36.4 Å². The molecule has 0 radical (unpaired) electrons. The first-order valence-electron chi connectivity index (χ1n) is 7.12. The fourth-order valence-electron chi connectivity index (χ4n) is 1.92. The van der Waals surface area contributed by atoms with Gasteiger partial charge in [-0.25, -0.2) is 0 Å². The zero-order valence-electron chi connectivity index (χ0n) is 12.6. The van der Waals surface area contributed by atoms with Gasteiger partial charge in [-0.05, 0) is 19.1 Å². The van der Waals surface area contributed by atoms with E-state index in [1.54, 1.807) is 13.2 Å².